The van der Waals surface area contributed by atoms with Gasteiger partial charge in [-0.15, -0.1) is 11.6 Å². The molecule has 0 aliphatic carbocycles. The summed E-state index contributed by atoms with van der Waals surface area (Å²) in [5.74, 6) is -0.695. The van der Waals surface area contributed by atoms with Crippen molar-refractivity contribution in [2.24, 2.45) is 5.73 Å². The van der Waals surface area contributed by atoms with E-state index in [0.717, 1.165) is 0 Å². The van der Waals surface area contributed by atoms with Crippen LogP contribution in [-0.4, -0.2) is 16.2 Å². The number of hydrogen-bond acceptors (Lipinski definition) is 3. The number of amides is 1. The van der Waals surface area contributed by atoms with Gasteiger partial charge in [0.05, 0.1) is 4.92 Å². The normalized spacial score (nSPS) is 12.1. The van der Waals surface area contributed by atoms with Crippen LogP contribution < -0.4 is 5.73 Å². The van der Waals surface area contributed by atoms with Crippen molar-refractivity contribution in [1.82, 2.24) is 0 Å². The van der Waals surface area contributed by atoms with Crippen LogP contribution in [0.1, 0.15) is 5.56 Å². The minimum absolute atomic E-state index is 0.0421. The largest absolute Gasteiger partial charge is 0.368 e. The van der Waals surface area contributed by atoms with Crippen molar-refractivity contribution in [2.45, 2.75) is 11.8 Å². The number of carbonyl (C=O) groups excluding carboxylic acids is 1. The lowest BCUT2D eigenvalue weighted by Gasteiger charge is -2.06. The Morgan fingerprint density at radius 2 is 2.25 bits per heavy atom. The zero-order chi connectivity index (χ0) is 12.3. The van der Waals surface area contributed by atoms with Crippen molar-refractivity contribution in [3.63, 3.8) is 0 Å². The summed E-state index contributed by atoms with van der Waals surface area (Å²) in [5.41, 5.74) is 5.29. The van der Waals surface area contributed by atoms with E-state index in [1.54, 1.807) is 12.1 Å². The van der Waals surface area contributed by atoms with Crippen LogP contribution in [0.25, 0.3) is 0 Å². The summed E-state index contributed by atoms with van der Waals surface area (Å²) in [6, 6.07) is 4.55. The van der Waals surface area contributed by atoms with Crippen LogP contribution >= 0.6 is 27.5 Å². The zero-order valence-corrected chi connectivity index (χ0v) is 10.4. The average Bonchev–Trinajstić information content (AvgIpc) is 2.20. The summed E-state index contributed by atoms with van der Waals surface area (Å²) in [4.78, 5) is 21.0. The number of benzene rings is 1. The van der Waals surface area contributed by atoms with Crippen LogP contribution in [0.2, 0.25) is 0 Å². The third kappa shape index (κ3) is 3.18. The van der Waals surface area contributed by atoms with Gasteiger partial charge in [-0.25, -0.2) is 0 Å². The van der Waals surface area contributed by atoms with Crippen molar-refractivity contribution < 1.29 is 9.72 Å². The second-order valence-corrected chi connectivity index (χ2v) is 4.55. The lowest BCUT2D eigenvalue weighted by molar-refractivity contribution is -0.385. The molecule has 0 bridgehead atoms. The topological polar surface area (TPSA) is 86.2 Å². The maximum Gasteiger partial charge on any atom is 0.273 e. The van der Waals surface area contributed by atoms with E-state index in [4.69, 9.17) is 17.3 Å². The molecule has 1 rings (SSSR count). The van der Waals surface area contributed by atoms with Gasteiger partial charge in [-0.1, -0.05) is 22.0 Å². The molecule has 1 atom stereocenters. The number of nitrogens with two attached hydrogens (primary N) is 1. The lowest BCUT2D eigenvalue weighted by atomic mass is 10.1. The SMILES string of the molecule is NC(=O)C(Cl)Cc1ccc(Br)cc1[N+](=O)[O-]. The lowest BCUT2D eigenvalue weighted by Crippen LogP contribution is -2.25. The minimum atomic E-state index is -0.945. The van der Waals surface area contributed by atoms with Gasteiger partial charge < -0.3 is 5.73 Å². The highest BCUT2D eigenvalue weighted by molar-refractivity contribution is 9.10. The molecule has 16 heavy (non-hydrogen) atoms. The van der Waals surface area contributed by atoms with E-state index in [1.807, 2.05) is 0 Å². The number of nitro benzene ring substituents is 1. The predicted molar refractivity (Wildman–Crippen MR) is 63.3 cm³/mol. The number of carbonyl (C=O) groups is 1. The van der Waals surface area contributed by atoms with Crippen molar-refractivity contribution in [3.8, 4) is 0 Å². The van der Waals surface area contributed by atoms with E-state index in [2.05, 4.69) is 15.9 Å². The molecule has 2 N–H and O–H groups in total. The Kier molecular flexibility index (Phi) is 4.26. The molecular weight excluding hydrogens is 299 g/mol. The summed E-state index contributed by atoms with van der Waals surface area (Å²) in [6.07, 6.45) is 0.0421. The molecule has 0 aliphatic rings. The van der Waals surface area contributed by atoms with Crippen molar-refractivity contribution in [3.05, 3.63) is 38.3 Å². The quantitative estimate of drug-likeness (QED) is 0.524. The molecule has 1 unspecified atom stereocenters. The molecule has 0 radical (unpaired) electrons. The summed E-state index contributed by atoms with van der Waals surface area (Å²) in [7, 11) is 0. The Morgan fingerprint density at radius 1 is 1.62 bits per heavy atom. The molecule has 0 saturated carbocycles. The number of rotatable bonds is 4. The second kappa shape index (κ2) is 5.27. The first-order valence-corrected chi connectivity index (χ1v) is 5.51. The van der Waals surface area contributed by atoms with Crippen LogP contribution in [0, 0.1) is 10.1 Å². The van der Waals surface area contributed by atoms with Crippen LogP contribution in [-0.2, 0) is 11.2 Å². The van der Waals surface area contributed by atoms with E-state index < -0.39 is 16.2 Å². The molecule has 0 aromatic heterocycles. The minimum Gasteiger partial charge on any atom is -0.368 e. The molecule has 86 valence electrons. The predicted octanol–water partition coefficient (Wildman–Crippen LogP) is 1.99. The fourth-order valence-corrected chi connectivity index (χ4v) is 1.69. The molecule has 1 amide bonds. The Labute approximate surface area is 105 Å². The first-order chi connectivity index (χ1) is 7.41. The summed E-state index contributed by atoms with van der Waals surface area (Å²) in [6.45, 7) is 0. The summed E-state index contributed by atoms with van der Waals surface area (Å²) in [5, 5.41) is 9.81. The van der Waals surface area contributed by atoms with Gasteiger partial charge in [0, 0.05) is 22.5 Å². The highest BCUT2D eigenvalue weighted by Gasteiger charge is 2.19. The number of nitro groups is 1. The number of halogens is 2. The molecule has 7 heteroatoms. The van der Waals surface area contributed by atoms with Crippen LogP contribution in [0.4, 0.5) is 5.69 Å². The third-order valence-corrected chi connectivity index (χ3v) is 2.81. The zero-order valence-electron chi connectivity index (χ0n) is 8.02. The van der Waals surface area contributed by atoms with Gasteiger partial charge in [0.25, 0.3) is 5.69 Å². The number of primary amides is 1. The summed E-state index contributed by atoms with van der Waals surface area (Å²) >= 11 is 8.79. The van der Waals surface area contributed by atoms with Gasteiger partial charge >= 0.3 is 0 Å². The highest BCUT2D eigenvalue weighted by Crippen LogP contribution is 2.25. The average molecular weight is 308 g/mol. The van der Waals surface area contributed by atoms with Gasteiger partial charge in [-0.2, -0.15) is 0 Å². The molecule has 5 nitrogen and oxygen atoms in total. The Balaban J connectivity index is 3.04. The van der Waals surface area contributed by atoms with Gasteiger partial charge in [0.1, 0.15) is 5.38 Å². The van der Waals surface area contributed by atoms with Crippen LogP contribution in [0.5, 0.6) is 0 Å². The van der Waals surface area contributed by atoms with Gasteiger partial charge in [-0.3, -0.25) is 14.9 Å². The van der Waals surface area contributed by atoms with Crippen molar-refractivity contribution in [1.29, 1.82) is 0 Å². The standard InChI is InChI=1S/C9H8BrClN2O3/c10-6-2-1-5(3-7(11)9(12)14)8(4-6)13(15)16/h1-2,4,7H,3H2,(H2,12,14). The second-order valence-electron chi connectivity index (χ2n) is 3.10. The fraction of sp³-hybridized carbons (Fsp3) is 0.222. The van der Waals surface area contributed by atoms with E-state index in [9.17, 15) is 14.9 Å². The monoisotopic (exact) mass is 306 g/mol. The number of hydrogen-bond donors (Lipinski definition) is 1. The molecule has 1 aromatic rings. The number of alkyl halides is 1. The van der Waals surface area contributed by atoms with Crippen LogP contribution in [0.3, 0.4) is 0 Å². The van der Waals surface area contributed by atoms with Crippen LogP contribution in [0.15, 0.2) is 22.7 Å². The summed E-state index contributed by atoms with van der Waals surface area (Å²) < 4.78 is 0.591. The Morgan fingerprint density at radius 3 is 2.75 bits per heavy atom. The van der Waals surface area contributed by atoms with E-state index in [1.165, 1.54) is 6.07 Å². The van der Waals surface area contributed by atoms with Gasteiger partial charge in [0.2, 0.25) is 5.91 Å². The Bertz CT molecular complexity index is 439. The molecule has 0 saturated heterocycles. The van der Waals surface area contributed by atoms with E-state index >= 15 is 0 Å². The first-order valence-electron chi connectivity index (χ1n) is 4.28. The van der Waals surface area contributed by atoms with Gasteiger partial charge in [-0.05, 0) is 6.07 Å². The maximum absolute atomic E-state index is 10.8. The number of nitrogens with zero attached hydrogens (tertiary/aromatic N) is 1. The smallest absolute Gasteiger partial charge is 0.273 e. The van der Waals surface area contributed by atoms with Crippen molar-refractivity contribution >= 4 is 39.1 Å². The van der Waals surface area contributed by atoms with Crippen molar-refractivity contribution in [2.75, 3.05) is 0 Å². The van der Waals surface area contributed by atoms with E-state index in [-0.39, 0.29) is 12.1 Å². The first kappa shape index (κ1) is 12.9. The van der Waals surface area contributed by atoms with E-state index in [0.29, 0.717) is 10.0 Å². The maximum atomic E-state index is 10.8. The molecule has 0 spiro atoms. The molecule has 0 heterocycles. The third-order valence-electron chi connectivity index (χ3n) is 1.95. The fourth-order valence-electron chi connectivity index (χ4n) is 1.17. The molecule has 0 aliphatic heterocycles. The Hall–Kier alpha value is -1.14. The van der Waals surface area contributed by atoms with Gasteiger partial charge in [0.15, 0.2) is 0 Å². The molecule has 0 fully saturated rings. The molecular formula is C9H8BrClN2O3. The highest BCUT2D eigenvalue weighted by atomic mass is 79.9. The molecule has 1 aromatic carbocycles.